The maximum Gasteiger partial charge on any atom is 0.336 e. The van der Waals surface area contributed by atoms with Gasteiger partial charge in [0.2, 0.25) is 5.79 Å². The molecule has 0 bridgehead atoms. The molecule has 1 aliphatic heterocycles. The minimum Gasteiger partial charge on any atom is -0.456 e. The van der Waals surface area contributed by atoms with Crippen molar-refractivity contribution in [2.75, 3.05) is 0 Å². The summed E-state index contributed by atoms with van der Waals surface area (Å²) < 4.78 is 10.9. The SMILES string of the molecule is CC=C(C)C(=O)OC1CCC(C)C2(C)CC3=C(C)C(=O)OC3(O)CC12O. The summed E-state index contributed by atoms with van der Waals surface area (Å²) in [6.07, 6.45) is 2.32. The molecule has 2 N–H and O–H groups in total. The maximum absolute atomic E-state index is 12.3. The average molecular weight is 364 g/mol. The van der Waals surface area contributed by atoms with Gasteiger partial charge in [-0.25, -0.2) is 9.59 Å². The van der Waals surface area contributed by atoms with E-state index in [2.05, 4.69) is 6.92 Å². The van der Waals surface area contributed by atoms with Gasteiger partial charge in [-0.1, -0.05) is 19.9 Å². The first-order valence-corrected chi connectivity index (χ1v) is 9.20. The summed E-state index contributed by atoms with van der Waals surface area (Å²) >= 11 is 0. The molecule has 2 fully saturated rings. The highest BCUT2D eigenvalue weighted by Crippen LogP contribution is 2.61. The Morgan fingerprint density at radius 1 is 1.35 bits per heavy atom. The monoisotopic (exact) mass is 364 g/mol. The Kier molecular flexibility index (Phi) is 4.36. The summed E-state index contributed by atoms with van der Waals surface area (Å²) in [6.45, 7) is 9.05. The van der Waals surface area contributed by atoms with Gasteiger partial charge in [-0.05, 0) is 46.0 Å². The molecule has 0 aromatic rings. The predicted octanol–water partition coefficient (Wildman–Crippen LogP) is 2.39. The van der Waals surface area contributed by atoms with Crippen molar-refractivity contribution in [2.45, 2.75) is 77.8 Å². The molecule has 6 heteroatoms. The summed E-state index contributed by atoms with van der Waals surface area (Å²) in [6, 6.07) is 0. The van der Waals surface area contributed by atoms with Gasteiger partial charge in [0.15, 0.2) is 0 Å². The first-order valence-electron chi connectivity index (χ1n) is 9.20. The number of rotatable bonds is 2. The van der Waals surface area contributed by atoms with Crippen LogP contribution in [-0.4, -0.2) is 39.6 Å². The van der Waals surface area contributed by atoms with Crippen LogP contribution < -0.4 is 0 Å². The average Bonchev–Trinajstić information content (AvgIpc) is 2.78. The van der Waals surface area contributed by atoms with Gasteiger partial charge in [0, 0.05) is 22.1 Å². The van der Waals surface area contributed by atoms with E-state index in [0.717, 1.165) is 6.42 Å². The topological polar surface area (TPSA) is 93.1 Å². The molecule has 0 spiro atoms. The van der Waals surface area contributed by atoms with Crippen LogP contribution in [0.5, 0.6) is 0 Å². The van der Waals surface area contributed by atoms with E-state index in [0.29, 0.717) is 29.6 Å². The van der Waals surface area contributed by atoms with E-state index in [1.54, 1.807) is 26.8 Å². The summed E-state index contributed by atoms with van der Waals surface area (Å²) in [5, 5.41) is 22.6. The van der Waals surface area contributed by atoms with Crippen molar-refractivity contribution in [1.82, 2.24) is 0 Å². The van der Waals surface area contributed by atoms with Crippen LogP contribution in [0.3, 0.4) is 0 Å². The number of aliphatic hydroxyl groups is 2. The zero-order valence-electron chi connectivity index (χ0n) is 16.1. The molecule has 5 atom stereocenters. The van der Waals surface area contributed by atoms with Crippen molar-refractivity contribution in [1.29, 1.82) is 0 Å². The molecule has 144 valence electrons. The number of ether oxygens (including phenoxy) is 2. The number of fused-ring (bicyclic) bond motifs is 2. The van der Waals surface area contributed by atoms with Gasteiger partial charge in [0.1, 0.15) is 11.7 Å². The van der Waals surface area contributed by atoms with Crippen molar-refractivity contribution >= 4 is 11.9 Å². The minimum absolute atomic E-state index is 0.130. The Balaban J connectivity index is 2.02. The molecular weight excluding hydrogens is 336 g/mol. The molecule has 5 unspecified atom stereocenters. The highest BCUT2D eigenvalue weighted by molar-refractivity contribution is 5.92. The standard InChI is InChI=1S/C20H28O6/c1-6-11(2)16(21)25-15-8-7-12(3)18(5)9-14-13(4)17(22)26-20(14,24)10-19(15,18)23/h6,12,15,23-24H,7-10H2,1-5H3. The maximum atomic E-state index is 12.3. The Morgan fingerprint density at radius 3 is 2.62 bits per heavy atom. The number of hydrogen-bond acceptors (Lipinski definition) is 6. The smallest absolute Gasteiger partial charge is 0.336 e. The fraction of sp³-hybridized carbons (Fsp3) is 0.700. The third kappa shape index (κ3) is 2.46. The zero-order chi connectivity index (χ0) is 19.5. The van der Waals surface area contributed by atoms with Crippen molar-refractivity contribution in [2.24, 2.45) is 11.3 Å². The summed E-state index contributed by atoms with van der Waals surface area (Å²) in [5.74, 6) is -2.73. The minimum atomic E-state index is -1.83. The van der Waals surface area contributed by atoms with Crippen LogP contribution in [0.25, 0.3) is 0 Å². The fourth-order valence-corrected chi connectivity index (χ4v) is 4.75. The quantitative estimate of drug-likeness (QED) is 0.577. The van der Waals surface area contributed by atoms with Gasteiger partial charge in [0.05, 0.1) is 6.42 Å². The van der Waals surface area contributed by atoms with Crippen molar-refractivity contribution in [3.63, 3.8) is 0 Å². The molecule has 0 amide bonds. The molecule has 1 heterocycles. The molecule has 0 saturated heterocycles. The molecule has 6 nitrogen and oxygen atoms in total. The zero-order valence-corrected chi connectivity index (χ0v) is 16.1. The number of carbonyl (C=O) groups excluding carboxylic acids is 2. The molecule has 3 aliphatic rings. The van der Waals surface area contributed by atoms with Gasteiger partial charge < -0.3 is 19.7 Å². The first-order chi connectivity index (χ1) is 12.0. The second-order valence-electron chi connectivity index (χ2n) is 8.32. The Bertz CT molecular complexity index is 722. The molecular formula is C20H28O6. The molecule has 3 rings (SSSR count). The van der Waals surface area contributed by atoms with Gasteiger partial charge in [0.25, 0.3) is 0 Å². The lowest BCUT2D eigenvalue weighted by molar-refractivity contribution is -0.277. The number of esters is 2. The second-order valence-corrected chi connectivity index (χ2v) is 8.32. The highest BCUT2D eigenvalue weighted by Gasteiger charge is 2.68. The van der Waals surface area contributed by atoms with Crippen molar-refractivity contribution < 1.29 is 29.3 Å². The van der Waals surface area contributed by atoms with E-state index < -0.39 is 34.8 Å². The van der Waals surface area contributed by atoms with E-state index in [1.165, 1.54) is 0 Å². The molecule has 0 aromatic heterocycles. The van der Waals surface area contributed by atoms with Crippen LogP contribution in [-0.2, 0) is 19.1 Å². The van der Waals surface area contributed by atoms with Crippen LogP contribution in [0.15, 0.2) is 22.8 Å². The first kappa shape index (κ1) is 19.1. The lowest BCUT2D eigenvalue weighted by Crippen LogP contribution is -2.68. The summed E-state index contributed by atoms with van der Waals surface area (Å²) in [4.78, 5) is 24.3. The van der Waals surface area contributed by atoms with Gasteiger partial charge in [-0.3, -0.25) is 0 Å². The number of allylic oxidation sites excluding steroid dienone is 1. The van der Waals surface area contributed by atoms with E-state index >= 15 is 0 Å². The van der Waals surface area contributed by atoms with Crippen LogP contribution in [0.1, 0.15) is 60.3 Å². The van der Waals surface area contributed by atoms with Gasteiger partial charge >= 0.3 is 11.9 Å². The third-order valence-electron chi connectivity index (χ3n) is 7.02. The van der Waals surface area contributed by atoms with Crippen LogP contribution in [0.2, 0.25) is 0 Å². The number of hydrogen-bond donors (Lipinski definition) is 2. The van der Waals surface area contributed by atoms with Gasteiger partial charge in [-0.2, -0.15) is 0 Å². The largest absolute Gasteiger partial charge is 0.456 e. The lowest BCUT2D eigenvalue weighted by Gasteiger charge is -2.60. The fourth-order valence-electron chi connectivity index (χ4n) is 4.75. The van der Waals surface area contributed by atoms with E-state index in [9.17, 15) is 19.8 Å². The summed E-state index contributed by atoms with van der Waals surface area (Å²) in [7, 11) is 0. The van der Waals surface area contributed by atoms with Crippen LogP contribution in [0.4, 0.5) is 0 Å². The Labute approximate surface area is 153 Å². The van der Waals surface area contributed by atoms with Crippen LogP contribution in [0, 0.1) is 11.3 Å². The van der Waals surface area contributed by atoms with Crippen LogP contribution >= 0.6 is 0 Å². The van der Waals surface area contributed by atoms with Gasteiger partial charge in [-0.15, -0.1) is 0 Å². The molecule has 0 radical (unpaired) electrons. The lowest BCUT2D eigenvalue weighted by atomic mass is 9.50. The van der Waals surface area contributed by atoms with E-state index in [-0.39, 0.29) is 12.3 Å². The molecule has 2 saturated carbocycles. The third-order valence-corrected chi connectivity index (χ3v) is 7.02. The van der Waals surface area contributed by atoms with E-state index in [4.69, 9.17) is 9.47 Å². The molecule has 0 aromatic carbocycles. The van der Waals surface area contributed by atoms with Crippen molar-refractivity contribution in [3.8, 4) is 0 Å². The Morgan fingerprint density at radius 2 is 2.00 bits per heavy atom. The van der Waals surface area contributed by atoms with E-state index in [1.807, 2.05) is 6.92 Å². The normalized spacial score (nSPS) is 42.9. The number of carbonyl (C=O) groups is 2. The highest BCUT2D eigenvalue weighted by atomic mass is 16.7. The van der Waals surface area contributed by atoms with Crippen molar-refractivity contribution in [3.05, 3.63) is 22.8 Å². The second kappa shape index (κ2) is 5.92. The molecule has 26 heavy (non-hydrogen) atoms. The molecule has 2 aliphatic carbocycles. The summed E-state index contributed by atoms with van der Waals surface area (Å²) in [5.41, 5.74) is -0.717. The Hall–Kier alpha value is -1.66. The predicted molar refractivity (Wildman–Crippen MR) is 93.7 cm³/mol.